The van der Waals surface area contributed by atoms with E-state index >= 15 is 0 Å². The molecule has 3 aromatic rings. The highest BCUT2D eigenvalue weighted by atomic mass is 79.9. The molecule has 0 radical (unpaired) electrons. The predicted molar refractivity (Wildman–Crippen MR) is 74.8 cm³/mol. The Morgan fingerprint density at radius 2 is 1.95 bits per heavy atom. The molecule has 0 unspecified atom stereocenters. The first-order chi connectivity index (χ1) is 9.24. The van der Waals surface area contributed by atoms with Crippen molar-refractivity contribution in [3.05, 3.63) is 52.6 Å². The van der Waals surface area contributed by atoms with Crippen LogP contribution in [0.15, 0.2) is 47.1 Å². The molecule has 0 aliphatic carbocycles. The standard InChI is InChI=1S/C13H10BrN5/c1-9-7-12(15-8-11(9)14)19-17-13(16-18-19)10-5-3-2-4-6-10/h2-8H,1H3. The van der Waals surface area contributed by atoms with Crippen LogP contribution in [0.1, 0.15) is 5.56 Å². The van der Waals surface area contributed by atoms with Crippen LogP contribution in [0.4, 0.5) is 0 Å². The zero-order chi connectivity index (χ0) is 13.2. The van der Waals surface area contributed by atoms with Crippen molar-refractivity contribution in [2.45, 2.75) is 6.92 Å². The van der Waals surface area contributed by atoms with Crippen LogP contribution in [0.25, 0.3) is 17.2 Å². The minimum atomic E-state index is 0.586. The van der Waals surface area contributed by atoms with Gasteiger partial charge in [-0.3, -0.25) is 0 Å². The van der Waals surface area contributed by atoms with Gasteiger partial charge in [0, 0.05) is 16.2 Å². The van der Waals surface area contributed by atoms with E-state index in [1.54, 1.807) is 6.20 Å². The molecule has 5 nitrogen and oxygen atoms in total. The number of pyridine rings is 1. The second kappa shape index (κ2) is 4.89. The monoisotopic (exact) mass is 315 g/mol. The van der Waals surface area contributed by atoms with Gasteiger partial charge in [-0.25, -0.2) is 4.98 Å². The first-order valence-electron chi connectivity index (χ1n) is 5.72. The fourth-order valence-corrected chi connectivity index (χ4v) is 1.86. The zero-order valence-corrected chi connectivity index (χ0v) is 11.7. The minimum Gasteiger partial charge on any atom is -0.234 e. The number of benzene rings is 1. The van der Waals surface area contributed by atoms with Crippen LogP contribution in [0.5, 0.6) is 0 Å². The maximum absolute atomic E-state index is 4.34. The largest absolute Gasteiger partial charge is 0.234 e. The van der Waals surface area contributed by atoms with E-state index in [-0.39, 0.29) is 0 Å². The third-order valence-corrected chi connectivity index (χ3v) is 3.51. The molecule has 0 fully saturated rings. The quantitative estimate of drug-likeness (QED) is 0.729. The van der Waals surface area contributed by atoms with Gasteiger partial charge >= 0.3 is 0 Å². The first-order valence-corrected chi connectivity index (χ1v) is 6.51. The van der Waals surface area contributed by atoms with Crippen molar-refractivity contribution in [1.29, 1.82) is 0 Å². The topological polar surface area (TPSA) is 56.5 Å². The maximum atomic E-state index is 4.34. The lowest BCUT2D eigenvalue weighted by Gasteiger charge is -2.00. The summed E-state index contributed by atoms with van der Waals surface area (Å²) in [6.45, 7) is 1.99. The molecule has 0 amide bonds. The number of hydrogen-bond donors (Lipinski definition) is 0. The van der Waals surface area contributed by atoms with Gasteiger partial charge < -0.3 is 0 Å². The molecule has 0 aliphatic heterocycles. The van der Waals surface area contributed by atoms with E-state index in [1.807, 2.05) is 43.3 Å². The molecule has 2 aromatic heterocycles. The number of aryl methyl sites for hydroxylation is 1. The van der Waals surface area contributed by atoms with Gasteiger partial charge in [-0.05, 0) is 39.7 Å². The molecule has 94 valence electrons. The Hall–Kier alpha value is -2.08. The Labute approximate surface area is 118 Å². The maximum Gasteiger partial charge on any atom is 0.205 e. The fraction of sp³-hybridized carbons (Fsp3) is 0.0769. The van der Waals surface area contributed by atoms with Crippen LogP contribution in [0.2, 0.25) is 0 Å². The van der Waals surface area contributed by atoms with Gasteiger partial charge in [-0.1, -0.05) is 30.3 Å². The van der Waals surface area contributed by atoms with Crippen molar-refractivity contribution >= 4 is 15.9 Å². The molecule has 0 N–H and O–H groups in total. The molecule has 0 spiro atoms. The number of halogens is 1. The summed E-state index contributed by atoms with van der Waals surface area (Å²) in [5.41, 5.74) is 2.01. The van der Waals surface area contributed by atoms with E-state index in [1.165, 1.54) is 4.80 Å². The lowest BCUT2D eigenvalue weighted by molar-refractivity contribution is 0.699. The van der Waals surface area contributed by atoms with Crippen molar-refractivity contribution < 1.29 is 0 Å². The lowest BCUT2D eigenvalue weighted by Crippen LogP contribution is -2.02. The summed E-state index contributed by atoms with van der Waals surface area (Å²) in [4.78, 5) is 5.70. The lowest BCUT2D eigenvalue weighted by atomic mass is 10.2. The molecule has 0 saturated heterocycles. The minimum absolute atomic E-state index is 0.586. The van der Waals surface area contributed by atoms with Gasteiger partial charge in [0.15, 0.2) is 5.82 Å². The third kappa shape index (κ3) is 2.39. The summed E-state index contributed by atoms with van der Waals surface area (Å²) in [5, 5.41) is 12.4. The van der Waals surface area contributed by atoms with Crippen molar-refractivity contribution in [2.75, 3.05) is 0 Å². The van der Waals surface area contributed by atoms with Gasteiger partial charge in [-0.15, -0.1) is 15.0 Å². The number of rotatable bonds is 2. The highest BCUT2D eigenvalue weighted by Gasteiger charge is 2.08. The molecule has 0 saturated carbocycles. The Morgan fingerprint density at radius 3 is 2.68 bits per heavy atom. The number of nitrogens with zero attached hydrogens (tertiary/aromatic N) is 5. The highest BCUT2D eigenvalue weighted by molar-refractivity contribution is 9.10. The Balaban J connectivity index is 1.99. The summed E-state index contributed by atoms with van der Waals surface area (Å²) >= 11 is 3.42. The molecule has 2 heterocycles. The van der Waals surface area contributed by atoms with Gasteiger partial charge in [0.1, 0.15) is 0 Å². The summed E-state index contributed by atoms with van der Waals surface area (Å²) < 4.78 is 0.958. The average Bonchev–Trinajstić information content (AvgIpc) is 2.93. The Bertz CT molecular complexity index is 708. The van der Waals surface area contributed by atoms with Crippen LogP contribution in [0.3, 0.4) is 0 Å². The molecule has 1 aromatic carbocycles. The molecular formula is C13H10BrN5. The first kappa shape index (κ1) is 12.0. The second-order valence-corrected chi connectivity index (χ2v) is 4.91. The predicted octanol–water partition coefficient (Wildman–Crippen LogP) is 2.80. The molecule has 19 heavy (non-hydrogen) atoms. The number of hydrogen-bond acceptors (Lipinski definition) is 4. The van der Waals surface area contributed by atoms with Gasteiger partial charge in [0.05, 0.1) is 0 Å². The molecule has 3 rings (SSSR count). The van der Waals surface area contributed by atoms with Gasteiger partial charge in [-0.2, -0.15) is 0 Å². The molecule has 0 atom stereocenters. The van der Waals surface area contributed by atoms with Crippen LogP contribution in [-0.4, -0.2) is 25.2 Å². The van der Waals surface area contributed by atoms with E-state index in [9.17, 15) is 0 Å². The molecule has 6 heteroatoms. The Kier molecular flexibility index (Phi) is 3.08. The summed E-state index contributed by atoms with van der Waals surface area (Å²) in [7, 11) is 0. The van der Waals surface area contributed by atoms with Crippen LogP contribution in [-0.2, 0) is 0 Å². The van der Waals surface area contributed by atoms with E-state index < -0.39 is 0 Å². The summed E-state index contributed by atoms with van der Waals surface area (Å²) in [6, 6.07) is 11.6. The molecule has 0 aliphatic rings. The van der Waals surface area contributed by atoms with Crippen molar-refractivity contribution in [1.82, 2.24) is 25.2 Å². The van der Waals surface area contributed by atoms with Gasteiger partial charge in [0.25, 0.3) is 0 Å². The summed E-state index contributed by atoms with van der Waals surface area (Å²) in [5.74, 6) is 1.23. The second-order valence-electron chi connectivity index (χ2n) is 4.06. The van der Waals surface area contributed by atoms with Crippen molar-refractivity contribution in [3.63, 3.8) is 0 Å². The highest BCUT2D eigenvalue weighted by Crippen LogP contribution is 2.17. The molecule has 0 bridgehead atoms. The van der Waals surface area contributed by atoms with Crippen LogP contribution in [0, 0.1) is 6.92 Å². The van der Waals surface area contributed by atoms with Crippen molar-refractivity contribution in [2.24, 2.45) is 0 Å². The Morgan fingerprint density at radius 1 is 1.16 bits per heavy atom. The zero-order valence-electron chi connectivity index (χ0n) is 10.2. The smallest absolute Gasteiger partial charge is 0.205 e. The van der Waals surface area contributed by atoms with Crippen molar-refractivity contribution in [3.8, 4) is 17.2 Å². The average molecular weight is 316 g/mol. The van der Waals surface area contributed by atoms with E-state index in [2.05, 4.69) is 36.3 Å². The fourth-order valence-electron chi connectivity index (χ4n) is 1.65. The van der Waals surface area contributed by atoms with E-state index in [4.69, 9.17) is 0 Å². The van der Waals surface area contributed by atoms with E-state index in [0.29, 0.717) is 11.6 Å². The SMILES string of the molecule is Cc1cc(-n2nnc(-c3ccccc3)n2)ncc1Br. The number of aromatic nitrogens is 5. The third-order valence-electron chi connectivity index (χ3n) is 2.68. The summed E-state index contributed by atoms with van der Waals surface area (Å²) in [6.07, 6.45) is 1.73. The molecular weight excluding hydrogens is 306 g/mol. The van der Waals surface area contributed by atoms with Crippen LogP contribution >= 0.6 is 15.9 Å². The van der Waals surface area contributed by atoms with Gasteiger partial charge in [0.2, 0.25) is 5.82 Å². The van der Waals surface area contributed by atoms with Crippen LogP contribution < -0.4 is 0 Å². The number of tetrazole rings is 1. The normalized spacial score (nSPS) is 10.6. The van der Waals surface area contributed by atoms with E-state index in [0.717, 1.165) is 15.6 Å².